The number of nitrogens with zero attached hydrogens (tertiary/aromatic N) is 2. The standard InChI is InChI=1S/C13H15F3N2S/c1-5-19-11-8(7-17)9(13(14,15)16)6-10(18-11)12(2,3)4/h6H,5H2,1-4H3. The number of halogens is 3. The van der Waals surface area contributed by atoms with E-state index >= 15 is 0 Å². The maximum atomic E-state index is 13.0. The second kappa shape index (κ2) is 5.41. The zero-order valence-electron chi connectivity index (χ0n) is 11.2. The first kappa shape index (κ1) is 15.8. The van der Waals surface area contributed by atoms with E-state index in [-0.39, 0.29) is 10.6 Å². The van der Waals surface area contributed by atoms with Crippen molar-refractivity contribution in [3.8, 4) is 6.07 Å². The number of alkyl halides is 3. The van der Waals surface area contributed by atoms with Gasteiger partial charge in [-0.1, -0.05) is 27.7 Å². The summed E-state index contributed by atoms with van der Waals surface area (Å²) in [6.45, 7) is 7.19. The average molecular weight is 288 g/mol. The van der Waals surface area contributed by atoms with Crippen LogP contribution in [0, 0.1) is 11.3 Å². The zero-order chi connectivity index (χ0) is 14.8. The van der Waals surface area contributed by atoms with E-state index in [2.05, 4.69) is 4.98 Å². The highest BCUT2D eigenvalue weighted by atomic mass is 32.2. The molecule has 0 spiro atoms. The van der Waals surface area contributed by atoms with Gasteiger partial charge in [-0.15, -0.1) is 11.8 Å². The number of aromatic nitrogens is 1. The Balaban J connectivity index is 3.61. The Morgan fingerprint density at radius 1 is 1.32 bits per heavy atom. The van der Waals surface area contributed by atoms with Gasteiger partial charge in [-0.2, -0.15) is 18.4 Å². The van der Waals surface area contributed by atoms with Crippen LogP contribution in [0.3, 0.4) is 0 Å². The summed E-state index contributed by atoms with van der Waals surface area (Å²) in [6.07, 6.45) is -4.54. The molecule has 0 aliphatic carbocycles. The third-order valence-corrected chi connectivity index (χ3v) is 3.31. The lowest BCUT2D eigenvalue weighted by atomic mass is 9.90. The lowest BCUT2D eigenvalue weighted by molar-refractivity contribution is -0.138. The van der Waals surface area contributed by atoms with Crippen molar-refractivity contribution in [3.05, 3.63) is 22.9 Å². The summed E-state index contributed by atoms with van der Waals surface area (Å²) < 4.78 is 39.1. The predicted molar refractivity (Wildman–Crippen MR) is 69.1 cm³/mol. The van der Waals surface area contributed by atoms with Gasteiger partial charge < -0.3 is 0 Å². The van der Waals surface area contributed by atoms with Gasteiger partial charge in [0.05, 0.1) is 11.1 Å². The van der Waals surface area contributed by atoms with E-state index in [1.165, 1.54) is 0 Å². The van der Waals surface area contributed by atoms with Gasteiger partial charge in [-0.25, -0.2) is 4.98 Å². The third kappa shape index (κ3) is 3.63. The Kier molecular flexibility index (Phi) is 4.51. The first-order chi connectivity index (χ1) is 8.61. The molecular weight excluding hydrogens is 273 g/mol. The molecule has 0 fully saturated rings. The fourth-order valence-corrected chi connectivity index (χ4v) is 2.21. The fraction of sp³-hybridized carbons (Fsp3) is 0.538. The van der Waals surface area contributed by atoms with Crippen LogP contribution in [-0.2, 0) is 11.6 Å². The quantitative estimate of drug-likeness (QED) is 0.758. The highest BCUT2D eigenvalue weighted by Crippen LogP contribution is 2.37. The van der Waals surface area contributed by atoms with E-state index < -0.39 is 17.2 Å². The predicted octanol–water partition coefficient (Wildman–Crippen LogP) is 4.38. The monoisotopic (exact) mass is 288 g/mol. The maximum Gasteiger partial charge on any atom is 0.417 e. The lowest BCUT2D eigenvalue weighted by Crippen LogP contribution is -2.18. The molecule has 1 aromatic rings. The molecule has 0 N–H and O–H groups in total. The average Bonchev–Trinajstić information content (AvgIpc) is 2.26. The molecule has 0 saturated heterocycles. The Morgan fingerprint density at radius 3 is 2.26 bits per heavy atom. The smallest absolute Gasteiger partial charge is 0.245 e. The molecule has 0 aliphatic heterocycles. The van der Waals surface area contributed by atoms with E-state index in [9.17, 15) is 13.2 Å². The SMILES string of the molecule is CCSc1nc(C(C)(C)C)cc(C(F)(F)F)c1C#N. The molecular formula is C13H15F3N2S. The second-order valence-corrected chi connectivity index (χ2v) is 6.28. The molecule has 104 valence electrons. The topological polar surface area (TPSA) is 36.7 Å². The minimum atomic E-state index is -4.54. The fourth-order valence-electron chi connectivity index (χ4n) is 1.48. The lowest BCUT2D eigenvalue weighted by Gasteiger charge is -2.21. The number of thioether (sulfide) groups is 1. The Hall–Kier alpha value is -1.22. The molecule has 0 aliphatic rings. The molecule has 6 heteroatoms. The van der Waals surface area contributed by atoms with E-state index in [0.717, 1.165) is 17.8 Å². The minimum absolute atomic E-state index is 0.157. The molecule has 1 rings (SSSR count). The number of rotatable bonds is 2. The van der Waals surface area contributed by atoms with Gasteiger partial charge >= 0.3 is 6.18 Å². The number of hydrogen-bond donors (Lipinski definition) is 0. The van der Waals surface area contributed by atoms with E-state index in [1.807, 2.05) is 6.92 Å². The van der Waals surface area contributed by atoms with Gasteiger partial charge in [-0.3, -0.25) is 0 Å². The molecule has 0 bridgehead atoms. The second-order valence-electron chi connectivity index (χ2n) is 5.03. The van der Waals surface area contributed by atoms with Gasteiger partial charge in [0, 0.05) is 11.1 Å². The third-order valence-electron chi connectivity index (χ3n) is 2.45. The summed E-state index contributed by atoms with van der Waals surface area (Å²) in [7, 11) is 0. The Bertz CT molecular complexity index is 510. The molecule has 0 amide bonds. The van der Waals surface area contributed by atoms with Crippen molar-refractivity contribution in [2.24, 2.45) is 0 Å². The molecule has 0 unspecified atom stereocenters. The molecule has 1 heterocycles. The molecule has 0 saturated carbocycles. The van der Waals surface area contributed by atoms with Gasteiger partial charge in [0.25, 0.3) is 0 Å². The summed E-state index contributed by atoms with van der Waals surface area (Å²) in [4.78, 5) is 4.22. The van der Waals surface area contributed by atoms with Crippen molar-refractivity contribution < 1.29 is 13.2 Å². The van der Waals surface area contributed by atoms with Crippen molar-refractivity contribution in [3.63, 3.8) is 0 Å². The summed E-state index contributed by atoms with van der Waals surface area (Å²) in [5, 5.41) is 9.14. The zero-order valence-corrected chi connectivity index (χ0v) is 12.0. The van der Waals surface area contributed by atoms with Crippen molar-refractivity contribution >= 4 is 11.8 Å². The highest BCUT2D eigenvalue weighted by Gasteiger charge is 2.37. The molecule has 0 radical (unpaired) electrons. The van der Waals surface area contributed by atoms with Gasteiger partial charge in [0.1, 0.15) is 11.1 Å². The largest absolute Gasteiger partial charge is 0.417 e. The number of hydrogen-bond acceptors (Lipinski definition) is 3. The number of nitriles is 1. The van der Waals surface area contributed by atoms with Crippen LogP contribution in [0.1, 0.15) is 44.5 Å². The van der Waals surface area contributed by atoms with Crippen LogP contribution in [0.25, 0.3) is 0 Å². The van der Waals surface area contributed by atoms with Crippen LogP contribution < -0.4 is 0 Å². The van der Waals surface area contributed by atoms with Crippen molar-refractivity contribution in [2.75, 3.05) is 5.75 Å². The van der Waals surface area contributed by atoms with Crippen molar-refractivity contribution in [2.45, 2.75) is 44.3 Å². The summed E-state index contributed by atoms with van der Waals surface area (Å²) in [5.74, 6) is 0.562. The first-order valence-electron chi connectivity index (χ1n) is 5.77. The summed E-state index contributed by atoms with van der Waals surface area (Å²) in [6, 6.07) is 2.62. The molecule has 19 heavy (non-hydrogen) atoms. The minimum Gasteiger partial charge on any atom is -0.245 e. The Morgan fingerprint density at radius 2 is 1.89 bits per heavy atom. The van der Waals surface area contributed by atoms with Crippen LogP contribution in [0.4, 0.5) is 13.2 Å². The molecule has 1 aromatic heterocycles. The maximum absolute atomic E-state index is 13.0. The van der Waals surface area contributed by atoms with Crippen molar-refractivity contribution in [1.82, 2.24) is 4.98 Å². The molecule has 0 atom stereocenters. The van der Waals surface area contributed by atoms with Crippen molar-refractivity contribution in [1.29, 1.82) is 5.26 Å². The Labute approximate surface area is 115 Å². The van der Waals surface area contributed by atoms with E-state index in [1.54, 1.807) is 26.8 Å². The van der Waals surface area contributed by atoms with E-state index in [4.69, 9.17) is 5.26 Å². The molecule has 0 aromatic carbocycles. The number of pyridine rings is 1. The molecule has 2 nitrogen and oxygen atoms in total. The van der Waals surface area contributed by atoms with Gasteiger partial charge in [0.15, 0.2) is 0 Å². The van der Waals surface area contributed by atoms with E-state index in [0.29, 0.717) is 11.4 Å². The highest BCUT2D eigenvalue weighted by molar-refractivity contribution is 7.99. The van der Waals surface area contributed by atoms with Gasteiger partial charge in [-0.05, 0) is 11.8 Å². The van der Waals surface area contributed by atoms with Gasteiger partial charge in [0.2, 0.25) is 0 Å². The summed E-state index contributed by atoms with van der Waals surface area (Å²) in [5.41, 5.74) is -1.44. The van der Waals surface area contributed by atoms with Crippen LogP contribution in [-0.4, -0.2) is 10.7 Å². The van der Waals surface area contributed by atoms with Crippen LogP contribution in [0.15, 0.2) is 11.1 Å². The normalized spacial score (nSPS) is 12.3. The first-order valence-corrected chi connectivity index (χ1v) is 6.75. The summed E-state index contributed by atoms with van der Waals surface area (Å²) >= 11 is 1.15. The van der Waals surface area contributed by atoms with Crippen LogP contribution in [0.2, 0.25) is 0 Å². The van der Waals surface area contributed by atoms with Crippen LogP contribution >= 0.6 is 11.8 Å². The van der Waals surface area contributed by atoms with Crippen LogP contribution in [0.5, 0.6) is 0 Å².